The van der Waals surface area contributed by atoms with E-state index in [1.807, 2.05) is 0 Å². The number of nitro groups is 1. The van der Waals surface area contributed by atoms with Crippen molar-refractivity contribution in [2.75, 3.05) is 7.11 Å². The molecule has 0 aliphatic heterocycles. The van der Waals surface area contributed by atoms with Crippen LogP contribution in [0.15, 0.2) is 23.4 Å². The van der Waals surface area contributed by atoms with Crippen LogP contribution in [0.2, 0.25) is 0 Å². The van der Waals surface area contributed by atoms with Crippen LogP contribution >= 0.6 is 0 Å². The van der Waals surface area contributed by atoms with E-state index in [4.69, 9.17) is 0 Å². The molecule has 1 rings (SSSR count). The minimum Gasteiger partial charge on any atom is -0.268 e. The summed E-state index contributed by atoms with van der Waals surface area (Å²) in [5.74, 6) is 0. The summed E-state index contributed by atoms with van der Waals surface area (Å²) >= 11 is 0. The second-order valence-corrected chi connectivity index (χ2v) is 3.83. The Morgan fingerprint density at radius 2 is 2.21 bits per heavy atom. The third-order valence-electron chi connectivity index (χ3n) is 1.40. The highest BCUT2D eigenvalue weighted by atomic mass is 32.2. The Balaban J connectivity index is 3.42. The van der Waals surface area contributed by atoms with E-state index in [9.17, 15) is 18.5 Å². The van der Waals surface area contributed by atoms with Crippen molar-refractivity contribution in [3.05, 3.63) is 28.4 Å². The molecule has 14 heavy (non-hydrogen) atoms. The standard InChI is InChI=1S/C6H6N2O5S/c1-13-14(11,12)6-5(8(9)10)3-2-4-7-6/h2-4H,1H3. The molecular weight excluding hydrogens is 212 g/mol. The van der Waals surface area contributed by atoms with E-state index in [-0.39, 0.29) is 0 Å². The van der Waals surface area contributed by atoms with Gasteiger partial charge in [-0.05, 0) is 6.07 Å². The van der Waals surface area contributed by atoms with E-state index in [0.29, 0.717) is 0 Å². The minimum atomic E-state index is -4.13. The molecule has 7 nitrogen and oxygen atoms in total. The number of hydrogen-bond acceptors (Lipinski definition) is 6. The van der Waals surface area contributed by atoms with Crippen molar-refractivity contribution in [3.8, 4) is 0 Å². The number of rotatable bonds is 3. The smallest absolute Gasteiger partial charge is 0.268 e. The quantitative estimate of drug-likeness (QED) is 0.411. The lowest BCUT2D eigenvalue weighted by atomic mass is 10.4. The molecule has 0 aliphatic carbocycles. The average molecular weight is 218 g/mol. The largest absolute Gasteiger partial charge is 0.321 e. The van der Waals surface area contributed by atoms with Gasteiger partial charge in [-0.3, -0.25) is 14.3 Å². The van der Waals surface area contributed by atoms with Crippen molar-refractivity contribution in [2.45, 2.75) is 5.03 Å². The van der Waals surface area contributed by atoms with Crippen LogP contribution in [-0.4, -0.2) is 25.4 Å². The predicted octanol–water partition coefficient (Wildman–Crippen LogP) is 0.325. The van der Waals surface area contributed by atoms with Crippen molar-refractivity contribution >= 4 is 15.8 Å². The number of nitrogens with zero attached hydrogens (tertiary/aromatic N) is 2. The highest BCUT2D eigenvalue weighted by Crippen LogP contribution is 2.21. The topological polar surface area (TPSA) is 99.4 Å². The molecule has 0 spiro atoms. The zero-order valence-corrected chi connectivity index (χ0v) is 7.89. The number of pyridine rings is 1. The maximum absolute atomic E-state index is 11.1. The summed E-state index contributed by atoms with van der Waals surface area (Å²) in [7, 11) is -3.22. The third-order valence-corrected chi connectivity index (χ3v) is 2.63. The van der Waals surface area contributed by atoms with Crippen LogP contribution in [0.3, 0.4) is 0 Å². The van der Waals surface area contributed by atoms with Crippen LogP contribution in [0.25, 0.3) is 0 Å². The molecule has 0 aromatic carbocycles. The van der Waals surface area contributed by atoms with Gasteiger partial charge in [-0.15, -0.1) is 0 Å². The molecule has 1 aromatic heterocycles. The Kier molecular flexibility index (Phi) is 2.77. The van der Waals surface area contributed by atoms with Gasteiger partial charge in [0.1, 0.15) is 0 Å². The Morgan fingerprint density at radius 3 is 2.71 bits per heavy atom. The first-order valence-corrected chi connectivity index (χ1v) is 4.80. The molecule has 0 N–H and O–H groups in total. The molecule has 0 saturated heterocycles. The van der Waals surface area contributed by atoms with Crippen molar-refractivity contribution in [2.24, 2.45) is 0 Å². The zero-order valence-electron chi connectivity index (χ0n) is 7.08. The van der Waals surface area contributed by atoms with E-state index in [2.05, 4.69) is 9.17 Å². The molecule has 8 heteroatoms. The first-order chi connectivity index (χ1) is 6.49. The van der Waals surface area contributed by atoms with Gasteiger partial charge < -0.3 is 0 Å². The second kappa shape index (κ2) is 3.68. The van der Waals surface area contributed by atoms with Crippen molar-refractivity contribution in [1.29, 1.82) is 0 Å². The molecule has 0 amide bonds. The normalized spacial score (nSPS) is 11.2. The Hall–Kier alpha value is -1.54. The van der Waals surface area contributed by atoms with Gasteiger partial charge in [0.05, 0.1) is 12.0 Å². The van der Waals surface area contributed by atoms with Crippen LogP contribution in [-0.2, 0) is 14.3 Å². The van der Waals surface area contributed by atoms with Gasteiger partial charge in [-0.25, -0.2) is 4.98 Å². The van der Waals surface area contributed by atoms with Crippen molar-refractivity contribution < 1.29 is 17.5 Å². The summed E-state index contributed by atoms with van der Waals surface area (Å²) in [5.41, 5.74) is -0.602. The van der Waals surface area contributed by atoms with Gasteiger partial charge in [-0.1, -0.05) is 0 Å². The monoisotopic (exact) mass is 218 g/mol. The summed E-state index contributed by atoms with van der Waals surface area (Å²) in [5, 5.41) is 9.74. The summed E-state index contributed by atoms with van der Waals surface area (Å²) in [6.07, 6.45) is 1.14. The molecule has 76 valence electrons. The Labute approximate surface area is 79.6 Å². The lowest BCUT2D eigenvalue weighted by molar-refractivity contribution is -0.388. The molecule has 1 heterocycles. The number of aromatic nitrogens is 1. The molecule has 0 radical (unpaired) electrons. The fourth-order valence-electron chi connectivity index (χ4n) is 0.793. The van der Waals surface area contributed by atoms with Crippen molar-refractivity contribution in [1.82, 2.24) is 4.98 Å². The number of hydrogen-bond donors (Lipinski definition) is 0. The van der Waals surface area contributed by atoms with E-state index < -0.39 is 25.8 Å². The zero-order chi connectivity index (χ0) is 10.8. The summed E-state index contributed by atoms with van der Waals surface area (Å²) < 4.78 is 26.4. The average Bonchev–Trinajstić information content (AvgIpc) is 2.18. The van der Waals surface area contributed by atoms with Gasteiger partial charge >= 0.3 is 15.8 Å². The molecule has 0 fully saturated rings. The fourth-order valence-corrected chi connectivity index (χ4v) is 1.54. The van der Waals surface area contributed by atoms with Gasteiger partial charge in [0.15, 0.2) is 0 Å². The van der Waals surface area contributed by atoms with Crippen LogP contribution in [0.5, 0.6) is 0 Å². The second-order valence-electron chi connectivity index (χ2n) is 2.21. The van der Waals surface area contributed by atoms with Crippen molar-refractivity contribution in [3.63, 3.8) is 0 Å². The minimum absolute atomic E-state index is 0.602. The fraction of sp³-hybridized carbons (Fsp3) is 0.167. The molecular formula is C6H6N2O5S. The molecule has 0 saturated carbocycles. The molecule has 0 atom stereocenters. The SMILES string of the molecule is COS(=O)(=O)c1ncccc1[N+](=O)[O-]. The van der Waals surface area contributed by atoms with Gasteiger partial charge in [-0.2, -0.15) is 8.42 Å². The molecule has 1 aromatic rings. The third kappa shape index (κ3) is 1.86. The summed E-state index contributed by atoms with van der Waals surface area (Å²) in [4.78, 5) is 13.0. The lowest BCUT2D eigenvalue weighted by Crippen LogP contribution is -2.08. The highest BCUT2D eigenvalue weighted by Gasteiger charge is 2.26. The van der Waals surface area contributed by atoms with Crippen LogP contribution < -0.4 is 0 Å². The molecule has 0 bridgehead atoms. The predicted molar refractivity (Wildman–Crippen MR) is 45.1 cm³/mol. The van der Waals surface area contributed by atoms with E-state index >= 15 is 0 Å². The maximum atomic E-state index is 11.1. The van der Waals surface area contributed by atoms with Crippen LogP contribution in [0.4, 0.5) is 5.69 Å². The van der Waals surface area contributed by atoms with E-state index in [0.717, 1.165) is 19.4 Å². The Bertz CT molecular complexity index is 455. The lowest BCUT2D eigenvalue weighted by Gasteiger charge is -1.99. The summed E-state index contributed by atoms with van der Waals surface area (Å²) in [6.45, 7) is 0. The van der Waals surface area contributed by atoms with Crippen LogP contribution in [0.1, 0.15) is 0 Å². The van der Waals surface area contributed by atoms with Gasteiger partial charge in [0.25, 0.3) is 5.03 Å². The summed E-state index contributed by atoms with van der Waals surface area (Å²) in [6, 6.07) is 2.31. The first kappa shape index (κ1) is 10.5. The van der Waals surface area contributed by atoms with E-state index in [1.54, 1.807) is 0 Å². The Morgan fingerprint density at radius 1 is 1.57 bits per heavy atom. The molecule has 0 unspecified atom stereocenters. The maximum Gasteiger partial charge on any atom is 0.321 e. The van der Waals surface area contributed by atoms with E-state index in [1.165, 1.54) is 6.07 Å². The van der Waals surface area contributed by atoms with Gasteiger partial charge in [0.2, 0.25) is 0 Å². The van der Waals surface area contributed by atoms with Gasteiger partial charge in [0, 0.05) is 12.3 Å². The first-order valence-electron chi connectivity index (χ1n) is 3.39. The molecule has 0 aliphatic rings. The highest BCUT2D eigenvalue weighted by molar-refractivity contribution is 7.86. The van der Waals surface area contributed by atoms with Crippen LogP contribution in [0, 0.1) is 10.1 Å².